The van der Waals surface area contributed by atoms with Crippen LogP contribution in [0.15, 0.2) is 0 Å². The van der Waals surface area contributed by atoms with Crippen molar-refractivity contribution >= 4 is 0 Å². The van der Waals surface area contributed by atoms with E-state index < -0.39 is 0 Å². The molecular formula is C13H25NO. The Balaban J connectivity index is 2.08. The van der Waals surface area contributed by atoms with E-state index in [0.29, 0.717) is 17.5 Å². The summed E-state index contributed by atoms with van der Waals surface area (Å²) in [5, 5.41) is 0. The fourth-order valence-electron chi connectivity index (χ4n) is 3.11. The molecule has 0 N–H and O–H groups in total. The Labute approximate surface area is 94.0 Å². The lowest BCUT2D eigenvalue weighted by molar-refractivity contribution is -0.117. The van der Waals surface area contributed by atoms with E-state index in [1.165, 1.54) is 19.4 Å². The Morgan fingerprint density at radius 3 is 2.47 bits per heavy atom. The highest BCUT2D eigenvalue weighted by Gasteiger charge is 2.43. The molecule has 0 aromatic heterocycles. The lowest BCUT2D eigenvalue weighted by Gasteiger charge is -2.53. The van der Waals surface area contributed by atoms with Gasteiger partial charge in [-0.2, -0.15) is 0 Å². The van der Waals surface area contributed by atoms with Crippen molar-refractivity contribution in [3.63, 3.8) is 0 Å². The third-order valence-electron chi connectivity index (χ3n) is 4.99. The zero-order valence-electron chi connectivity index (χ0n) is 10.6. The molecule has 2 atom stereocenters. The summed E-state index contributed by atoms with van der Waals surface area (Å²) in [4.78, 5) is 2.69. The minimum absolute atomic E-state index is 0.494. The van der Waals surface area contributed by atoms with Gasteiger partial charge < -0.3 is 4.74 Å². The van der Waals surface area contributed by atoms with E-state index in [0.717, 1.165) is 19.1 Å². The fourth-order valence-corrected chi connectivity index (χ4v) is 3.11. The summed E-state index contributed by atoms with van der Waals surface area (Å²) in [6.07, 6.45) is 2.74. The molecule has 0 bridgehead atoms. The highest BCUT2D eigenvalue weighted by atomic mass is 16.5. The van der Waals surface area contributed by atoms with Gasteiger partial charge in [-0.25, -0.2) is 0 Å². The normalized spacial score (nSPS) is 39.4. The predicted octanol–water partition coefficient (Wildman–Crippen LogP) is 2.53. The SMILES string of the molecule is CC(C)[C@]1(C)CCCN(C2COC2)[C@@H]1C. The van der Waals surface area contributed by atoms with Crippen molar-refractivity contribution in [2.45, 2.75) is 52.6 Å². The van der Waals surface area contributed by atoms with Crippen LogP contribution in [-0.2, 0) is 4.74 Å². The molecule has 0 saturated carbocycles. The monoisotopic (exact) mass is 211 g/mol. The molecule has 2 heterocycles. The Bertz CT molecular complexity index is 225. The molecule has 2 nitrogen and oxygen atoms in total. The van der Waals surface area contributed by atoms with Crippen LogP contribution in [-0.4, -0.2) is 36.7 Å². The van der Waals surface area contributed by atoms with E-state index in [1.807, 2.05) is 0 Å². The molecule has 0 radical (unpaired) electrons. The molecule has 2 rings (SSSR count). The number of piperidine rings is 1. The van der Waals surface area contributed by atoms with Crippen molar-refractivity contribution < 1.29 is 4.74 Å². The van der Waals surface area contributed by atoms with Crippen LogP contribution in [0.25, 0.3) is 0 Å². The van der Waals surface area contributed by atoms with Gasteiger partial charge in [-0.15, -0.1) is 0 Å². The maximum Gasteiger partial charge on any atom is 0.0645 e. The van der Waals surface area contributed by atoms with Crippen LogP contribution >= 0.6 is 0 Å². The van der Waals surface area contributed by atoms with E-state index >= 15 is 0 Å². The van der Waals surface area contributed by atoms with Crippen LogP contribution in [0.5, 0.6) is 0 Å². The molecule has 0 aromatic rings. The first kappa shape index (κ1) is 11.4. The topological polar surface area (TPSA) is 12.5 Å². The van der Waals surface area contributed by atoms with Crippen molar-refractivity contribution in [1.82, 2.24) is 4.90 Å². The van der Waals surface area contributed by atoms with Crippen LogP contribution in [0.3, 0.4) is 0 Å². The van der Waals surface area contributed by atoms with E-state index in [9.17, 15) is 0 Å². The Kier molecular flexibility index (Phi) is 3.09. The van der Waals surface area contributed by atoms with Crippen LogP contribution in [0.1, 0.15) is 40.5 Å². The molecule has 0 spiro atoms. The molecule has 2 aliphatic rings. The molecule has 2 saturated heterocycles. The van der Waals surface area contributed by atoms with Gasteiger partial charge in [0.15, 0.2) is 0 Å². The van der Waals surface area contributed by atoms with Gasteiger partial charge in [0.25, 0.3) is 0 Å². The Morgan fingerprint density at radius 1 is 1.33 bits per heavy atom. The summed E-state index contributed by atoms with van der Waals surface area (Å²) in [7, 11) is 0. The van der Waals surface area contributed by atoms with Gasteiger partial charge in [-0.1, -0.05) is 20.8 Å². The van der Waals surface area contributed by atoms with Crippen molar-refractivity contribution in [2.24, 2.45) is 11.3 Å². The van der Waals surface area contributed by atoms with Gasteiger partial charge in [-0.3, -0.25) is 4.90 Å². The number of ether oxygens (including phenoxy) is 1. The van der Waals surface area contributed by atoms with Gasteiger partial charge in [-0.05, 0) is 37.6 Å². The predicted molar refractivity (Wildman–Crippen MR) is 63.0 cm³/mol. The van der Waals surface area contributed by atoms with E-state index in [1.54, 1.807) is 0 Å². The average molecular weight is 211 g/mol. The molecule has 2 fully saturated rings. The summed E-state index contributed by atoms with van der Waals surface area (Å²) in [5.74, 6) is 0.774. The highest BCUT2D eigenvalue weighted by Crippen LogP contribution is 2.42. The smallest absolute Gasteiger partial charge is 0.0645 e. The Hall–Kier alpha value is -0.0800. The molecule has 0 aromatic carbocycles. The van der Waals surface area contributed by atoms with E-state index in [2.05, 4.69) is 32.6 Å². The second-order valence-electron chi connectivity index (χ2n) is 5.87. The zero-order valence-corrected chi connectivity index (χ0v) is 10.6. The largest absolute Gasteiger partial charge is 0.378 e. The lowest BCUT2D eigenvalue weighted by Crippen LogP contribution is -2.60. The number of hydrogen-bond donors (Lipinski definition) is 0. The molecule has 0 amide bonds. The lowest BCUT2D eigenvalue weighted by atomic mass is 9.67. The molecule has 0 aliphatic carbocycles. The fraction of sp³-hybridized carbons (Fsp3) is 1.00. The van der Waals surface area contributed by atoms with Crippen molar-refractivity contribution in [2.75, 3.05) is 19.8 Å². The van der Waals surface area contributed by atoms with Crippen LogP contribution in [0.4, 0.5) is 0 Å². The van der Waals surface area contributed by atoms with Gasteiger partial charge >= 0.3 is 0 Å². The van der Waals surface area contributed by atoms with Gasteiger partial charge in [0.05, 0.1) is 19.3 Å². The first-order valence-electron chi connectivity index (χ1n) is 6.39. The van der Waals surface area contributed by atoms with E-state index in [4.69, 9.17) is 4.74 Å². The van der Waals surface area contributed by atoms with Crippen LogP contribution in [0.2, 0.25) is 0 Å². The third-order valence-corrected chi connectivity index (χ3v) is 4.99. The number of hydrogen-bond acceptors (Lipinski definition) is 2. The van der Waals surface area contributed by atoms with Crippen molar-refractivity contribution in [1.29, 1.82) is 0 Å². The number of rotatable bonds is 2. The van der Waals surface area contributed by atoms with Crippen LogP contribution in [0, 0.1) is 11.3 Å². The molecule has 2 heteroatoms. The molecule has 15 heavy (non-hydrogen) atoms. The first-order chi connectivity index (χ1) is 7.05. The maximum atomic E-state index is 5.32. The van der Waals surface area contributed by atoms with E-state index in [-0.39, 0.29) is 0 Å². The summed E-state index contributed by atoms with van der Waals surface area (Å²) >= 11 is 0. The number of likely N-dealkylation sites (tertiary alicyclic amines) is 1. The van der Waals surface area contributed by atoms with Crippen molar-refractivity contribution in [3.8, 4) is 0 Å². The average Bonchev–Trinajstić information content (AvgIpc) is 2.09. The summed E-state index contributed by atoms with van der Waals surface area (Å²) in [6, 6.07) is 1.42. The minimum atomic E-state index is 0.494. The second kappa shape index (κ2) is 4.06. The van der Waals surface area contributed by atoms with Gasteiger partial charge in [0.2, 0.25) is 0 Å². The zero-order chi connectivity index (χ0) is 11.1. The van der Waals surface area contributed by atoms with Gasteiger partial charge in [0.1, 0.15) is 0 Å². The molecule has 0 unspecified atom stereocenters. The van der Waals surface area contributed by atoms with Crippen LogP contribution < -0.4 is 0 Å². The first-order valence-corrected chi connectivity index (χ1v) is 6.39. The Morgan fingerprint density at radius 2 is 2.00 bits per heavy atom. The maximum absolute atomic E-state index is 5.32. The summed E-state index contributed by atoms with van der Waals surface area (Å²) < 4.78 is 5.32. The second-order valence-corrected chi connectivity index (χ2v) is 5.87. The quantitative estimate of drug-likeness (QED) is 0.696. The standard InChI is InChI=1S/C13H25NO/c1-10(2)13(4)6-5-7-14(11(13)3)12-8-15-9-12/h10-12H,5-9H2,1-4H3/t11-,13+/m1/s1. The summed E-state index contributed by atoms with van der Waals surface area (Å²) in [5.41, 5.74) is 0.494. The number of nitrogens with zero attached hydrogens (tertiary/aromatic N) is 1. The molecule has 2 aliphatic heterocycles. The van der Waals surface area contributed by atoms with Crippen molar-refractivity contribution in [3.05, 3.63) is 0 Å². The third kappa shape index (κ3) is 1.83. The van der Waals surface area contributed by atoms with Gasteiger partial charge in [0, 0.05) is 6.04 Å². The summed E-state index contributed by atoms with van der Waals surface area (Å²) in [6.45, 7) is 12.8. The molecule has 88 valence electrons. The highest BCUT2D eigenvalue weighted by molar-refractivity contribution is 4.96. The minimum Gasteiger partial charge on any atom is -0.378 e. The molecular weight excluding hydrogens is 186 g/mol.